The number of amides is 1. The van der Waals surface area contributed by atoms with Crippen LogP contribution in [0, 0.1) is 5.92 Å². The zero-order valence-corrected chi connectivity index (χ0v) is 13.7. The molecule has 2 heterocycles. The molecule has 3 nitrogen and oxygen atoms in total. The zero-order valence-electron chi connectivity index (χ0n) is 10.6. The van der Waals surface area contributed by atoms with Gasteiger partial charge in [-0.05, 0) is 0 Å². The van der Waals surface area contributed by atoms with Crippen molar-refractivity contribution in [2.45, 2.75) is 41.3 Å². The average Bonchev–Trinajstić information content (AvgIpc) is 2.73. The molecule has 1 unspecified atom stereocenters. The summed E-state index contributed by atoms with van der Waals surface area (Å²) in [5.41, 5.74) is 1.25. The second kappa shape index (κ2) is 5.41. The minimum absolute atomic E-state index is 0.0616. The number of aliphatic hydroxyl groups is 1. The molecular formula is C14H18ClNO2Te. The van der Waals surface area contributed by atoms with Gasteiger partial charge in [-0.15, -0.1) is 0 Å². The van der Waals surface area contributed by atoms with Gasteiger partial charge in [0.15, 0.2) is 0 Å². The average molecular weight is 395 g/mol. The molecule has 0 aromatic heterocycles. The van der Waals surface area contributed by atoms with Crippen LogP contribution in [0.5, 0.6) is 0 Å². The first kappa shape index (κ1) is 13.9. The minimum atomic E-state index is -0.636. The third-order valence-corrected chi connectivity index (χ3v) is 8.75. The summed E-state index contributed by atoms with van der Waals surface area (Å²) < 4.78 is 1.74. The molecule has 19 heavy (non-hydrogen) atoms. The van der Waals surface area contributed by atoms with Gasteiger partial charge in [0.1, 0.15) is 0 Å². The van der Waals surface area contributed by atoms with Crippen molar-refractivity contribution in [3.8, 4) is 0 Å². The fourth-order valence-electron chi connectivity index (χ4n) is 3.24. The Balaban J connectivity index is 1.80. The van der Waals surface area contributed by atoms with E-state index in [1.54, 1.807) is 0 Å². The van der Waals surface area contributed by atoms with Crippen LogP contribution in [0.15, 0.2) is 21.8 Å². The van der Waals surface area contributed by atoms with Crippen LogP contribution in [0.4, 0.5) is 0 Å². The Hall–Kier alpha value is -0.0104. The van der Waals surface area contributed by atoms with Crippen LogP contribution in [0.3, 0.4) is 0 Å². The van der Waals surface area contributed by atoms with Crippen molar-refractivity contribution in [2.75, 3.05) is 5.88 Å². The molecule has 0 saturated carbocycles. The summed E-state index contributed by atoms with van der Waals surface area (Å²) >= 11 is 5.18. The summed E-state index contributed by atoms with van der Waals surface area (Å²) in [4.78, 5) is 12.1. The predicted octanol–water partition coefficient (Wildman–Crippen LogP) is 1.59. The Kier molecular flexibility index (Phi) is 3.97. The molecule has 0 aromatic rings. The quantitative estimate of drug-likeness (QED) is 0.329. The van der Waals surface area contributed by atoms with Crippen molar-refractivity contribution < 1.29 is 9.90 Å². The van der Waals surface area contributed by atoms with Crippen LogP contribution in [0.25, 0.3) is 0 Å². The van der Waals surface area contributed by atoms with Gasteiger partial charge in [0.2, 0.25) is 0 Å². The summed E-state index contributed by atoms with van der Waals surface area (Å²) in [5.74, 6) is 0.795. The van der Waals surface area contributed by atoms with Crippen LogP contribution >= 0.6 is 11.6 Å². The van der Waals surface area contributed by atoms with Crippen LogP contribution < -0.4 is 5.32 Å². The Morgan fingerprint density at radius 1 is 1.63 bits per heavy atom. The van der Waals surface area contributed by atoms with Gasteiger partial charge < -0.3 is 0 Å². The second-order valence-corrected chi connectivity index (χ2v) is 9.07. The molecule has 0 spiro atoms. The van der Waals surface area contributed by atoms with E-state index in [0.29, 0.717) is 5.88 Å². The Morgan fingerprint density at radius 3 is 3.11 bits per heavy atom. The van der Waals surface area contributed by atoms with Crippen molar-refractivity contribution >= 4 is 38.4 Å². The fourth-order valence-corrected chi connectivity index (χ4v) is 7.53. The van der Waals surface area contributed by atoms with Crippen molar-refractivity contribution in [1.29, 1.82) is 0 Å². The number of aliphatic hydroxyl groups excluding tert-OH is 1. The van der Waals surface area contributed by atoms with E-state index in [4.69, 9.17) is 11.6 Å². The van der Waals surface area contributed by atoms with E-state index in [9.17, 15) is 9.90 Å². The molecule has 3 aliphatic rings. The molecule has 3 rings (SSSR count). The molecule has 1 amide bonds. The molecule has 104 valence electrons. The fraction of sp³-hybridized carbons (Fsp3) is 0.643. The van der Waals surface area contributed by atoms with E-state index in [1.165, 1.54) is 5.57 Å². The van der Waals surface area contributed by atoms with Crippen LogP contribution in [0.1, 0.15) is 25.7 Å². The number of hydrogen-bond donors (Lipinski definition) is 2. The summed E-state index contributed by atoms with van der Waals surface area (Å²) in [5, 5.41) is 13.7. The Labute approximate surface area is 128 Å². The molecule has 1 aliphatic carbocycles. The number of halogens is 1. The number of alkyl halides is 1. The number of nitrogens with one attached hydrogen (secondary N) is 1. The maximum atomic E-state index is 12.1. The number of rotatable bonds is 4. The first-order valence-electron chi connectivity index (χ1n) is 6.78. The molecule has 2 aliphatic heterocycles. The third-order valence-electron chi connectivity index (χ3n) is 4.35. The van der Waals surface area contributed by atoms with Crippen LogP contribution in [-0.2, 0) is 4.79 Å². The molecule has 0 radical (unpaired) electrons. The van der Waals surface area contributed by atoms with Gasteiger partial charge in [-0.25, -0.2) is 0 Å². The van der Waals surface area contributed by atoms with Gasteiger partial charge >= 0.3 is 129 Å². The first-order valence-corrected chi connectivity index (χ1v) is 9.83. The van der Waals surface area contributed by atoms with E-state index in [0.717, 1.165) is 25.7 Å². The van der Waals surface area contributed by atoms with Gasteiger partial charge in [-0.2, -0.15) is 0 Å². The second-order valence-electron chi connectivity index (χ2n) is 5.42. The number of allylic oxidation sites excluding steroid dienone is 1. The van der Waals surface area contributed by atoms with E-state index in [1.807, 2.05) is 0 Å². The number of fused-ring (bicyclic) bond motifs is 1. The molecule has 2 N–H and O–H groups in total. The topological polar surface area (TPSA) is 49.3 Å². The van der Waals surface area contributed by atoms with Crippen LogP contribution in [-0.4, -0.2) is 50.0 Å². The summed E-state index contributed by atoms with van der Waals surface area (Å²) in [6.45, 7) is 0. The van der Waals surface area contributed by atoms with Gasteiger partial charge in [0.25, 0.3) is 0 Å². The van der Waals surface area contributed by atoms with Gasteiger partial charge in [-0.1, -0.05) is 0 Å². The standard InChI is InChI=1S/C14H18ClNO2Te/c15-7-6-10-8-19-14(11(10)16-13(14)18)12(17)9-4-2-1-3-5-9/h2,4,8-9,11-12,17H,1,3,5-7H2,(H,16,18)/t9?,11-,12-,14-/m0/s1. The molecular weight excluding hydrogens is 377 g/mol. The summed E-state index contributed by atoms with van der Waals surface area (Å²) in [6.07, 6.45) is 7.76. The van der Waals surface area contributed by atoms with Crippen molar-refractivity contribution in [2.24, 2.45) is 5.92 Å². The van der Waals surface area contributed by atoms with Gasteiger partial charge in [-0.3, -0.25) is 0 Å². The van der Waals surface area contributed by atoms with Crippen molar-refractivity contribution in [1.82, 2.24) is 5.32 Å². The molecule has 4 atom stereocenters. The number of carbonyl (C=O) groups excluding carboxylic acids is 1. The number of carbonyl (C=O) groups is 1. The van der Waals surface area contributed by atoms with Gasteiger partial charge in [0.05, 0.1) is 0 Å². The molecule has 0 bridgehead atoms. The van der Waals surface area contributed by atoms with Crippen LogP contribution in [0.2, 0.25) is 3.46 Å². The van der Waals surface area contributed by atoms with Crippen molar-refractivity contribution in [3.63, 3.8) is 0 Å². The predicted molar refractivity (Wildman–Crippen MR) is 76.3 cm³/mol. The number of hydrogen-bond acceptors (Lipinski definition) is 2. The van der Waals surface area contributed by atoms with E-state index in [2.05, 4.69) is 21.6 Å². The number of β-lactam (4-membered cyclic amide) rings is 1. The molecule has 1 saturated heterocycles. The van der Waals surface area contributed by atoms with E-state index in [-0.39, 0.29) is 17.9 Å². The summed E-state index contributed by atoms with van der Waals surface area (Å²) in [6, 6.07) is 0.0616. The Bertz CT molecular complexity index is 451. The molecule has 1 fully saturated rings. The van der Waals surface area contributed by atoms with E-state index < -0.39 is 30.5 Å². The third kappa shape index (κ3) is 2.08. The maximum absolute atomic E-state index is 12.1. The summed E-state index contributed by atoms with van der Waals surface area (Å²) in [7, 11) is 0. The van der Waals surface area contributed by atoms with E-state index >= 15 is 0 Å². The normalized spacial score (nSPS) is 38.2. The monoisotopic (exact) mass is 397 g/mol. The zero-order chi connectivity index (χ0) is 13.5. The van der Waals surface area contributed by atoms with Gasteiger partial charge in [0, 0.05) is 0 Å². The Morgan fingerprint density at radius 2 is 2.47 bits per heavy atom. The first-order chi connectivity index (χ1) is 9.20. The SMILES string of the molecule is O=C1N[C@H]2C(CCCl)=C[Te][C@@]12[C@@H](O)C1C=CCCC1. The molecule has 0 aromatic carbocycles. The van der Waals surface area contributed by atoms with Crippen molar-refractivity contribution in [3.05, 3.63) is 21.8 Å². The molecule has 5 heteroatoms.